The fraction of sp³-hybridized carbons (Fsp3) is 0.500. The van der Waals surface area contributed by atoms with Gasteiger partial charge in [-0.2, -0.15) is 13.2 Å². The molecule has 8 heteroatoms. The molecule has 0 bridgehead atoms. The van der Waals surface area contributed by atoms with Crippen LogP contribution in [0.2, 0.25) is 0 Å². The number of alkyl halides is 3. The molecule has 0 fully saturated rings. The Bertz CT molecular complexity index is 630. The molecule has 24 heavy (non-hydrogen) atoms. The standard InChI is InChI=1S/C16H19F3N2O2S/c1-3-10(4-2)20-14(22)8-13-15(23)21-11-7-9(16(17,18)19)5-6-12(11)24-13/h5-7,10,13H,3-4,8H2,1-2H3,(H,20,22)(H,21,23). The van der Waals surface area contributed by atoms with Crippen molar-refractivity contribution in [2.45, 2.75) is 55.5 Å². The Morgan fingerprint density at radius 2 is 2.00 bits per heavy atom. The zero-order valence-corrected chi connectivity index (χ0v) is 14.2. The third-order valence-electron chi connectivity index (χ3n) is 3.85. The highest BCUT2D eigenvalue weighted by molar-refractivity contribution is 8.01. The molecule has 1 aliphatic rings. The molecule has 0 spiro atoms. The van der Waals surface area contributed by atoms with Crippen LogP contribution < -0.4 is 10.6 Å². The molecule has 132 valence electrons. The Morgan fingerprint density at radius 3 is 2.58 bits per heavy atom. The van der Waals surface area contributed by atoms with Crippen molar-refractivity contribution >= 4 is 29.3 Å². The second kappa shape index (κ2) is 7.46. The van der Waals surface area contributed by atoms with Crippen molar-refractivity contribution in [3.8, 4) is 0 Å². The zero-order valence-electron chi connectivity index (χ0n) is 13.4. The van der Waals surface area contributed by atoms with Crippen molar-refractivity contribution in [3.63, 3.8) is 0 Å². The van der Waals surface area contributed by atoms with Gasteiger partial charge in [0, 0.05) is 17.4 Å². The lowest BCUT2D eigenvalue weighted by molar-refractivity contribution is -0.137. The van der Waals surface area contributed by atoms with Crippen LogP contribution in [0.25, 0.3) is 0 Å². The Morgan fingerprint density at radius 1 is 1.33 bits per heavy atom. The number of nitrogens with one attached hydrogen (secondary N) is 2. The minimum atomic E-state index is -4.46. The Balaban J connectivity index is 2.07. The van der Waals surface area contributed by atoms with Crippen LogP contribution in [-0.2, 0) is 15.8 Å². The number of amides is 2. The van der Waals surface area contributed by atoms with E-state index in [0.717, 1.165) is 36.7 Å². The molecule has 1 aliphatic heterocycles. The fourth-order valence-electron chi connectivity index (χ4n) is 2.41. The Hall–Kier alpha value is -1.70. The largest absolute Gasteiger partial charge is 0.416 e. The van der Waals surface area contributed by atoms with Crippen molar-refractivity contribution in [1.82, 2.24) is 5.32 Å². The lowest BCUT2D eigenvalue weighted by atomic mass is 10.1. The maximum atomic E-state index is 12.7. The minimum Gasteiger partial charge on any atom is -0.353 e. The molecule has 0 aliphatic carbocycles. The van der Waals surface area contributed by atoms with E-state index in [4.69, 9.17) is 0 Å². The zero-order chi connectivity index (χ0) is 17.9. The topological polar surface area (TPSA) is 58.2 Å². The van der Waals surface area contributed by atoms with E-state index in [2.05, 4.69) is 10.6 Å². The molecule has 1 atom stereocenters. The van der Waals surface area contributed by atoms with Crippen LogP contribution in [0.5, 0.6) is 0 Å². The molecule has 1 aromatic carbocycles. The summed E-state index contributed by atoms with van der Waals surface area (Å²) in [7, 11) is 0. The van der Waals surface area contributed by atoms with E-state index in [9.17, 15) is 22.8 Å². The van der Waals surface area contributed by atoms with Gasteiger partial charge in [-0.15, -0.1) is 11.8 Å². The van der Waals surface area contributed by atoms with Gasteiger partial charge in [0.2, 0.25) is 11.8 Å². The third-order valence-corrected chi connectivity index (χ3v) is 5.12. The maximum Gasteiger partial charge on any atom is 0.416 e. The molecule has 2 rings (SSSR count). The van der Waals surface area contributed by atoms with Gasteiger partial charge in [0.15, 0.2) is 0 Å². The lowest BCUT2D eigenvalue weighted by Gasteiger charge is -2.25. The summed E-state index contributed by atoms with van der Waals surface area (Å²) in [5.41, 5.74) is -0.677. The average Bonchev–Trinajstić information content (AvgIpc) is 2.52. The summed E-state index contributed by atoms with van der Waals surface area (Å²) in [6.45, 7) is 3.93. The van der Waals surface area contributed by atoms with Gasteiger partial charge in [0.25, 0.3) is 0 Å². The number of hydrogen-bond donors (Lipinski definition) is 2. The number of benzene rings is 1. The summed E-state index contributed by atoms with van der Waals surface area (Å²) in [5, 5.41) is 4.68. The van der Waals surface area contributed by atoms with E-state index in [-0.39, 0.29) is 24.1 Å². The number of thioether (sulfide) groups is 1. The normalized spacial score (nSPS) is 17.4. The molecule has 2 N–H and O–H groups in total. The molecule has 0 aromatic heterocycles. The molecule has 0 saturated carbocycles. The van der Waals surface area contributed by atoms with E-state index in [1.807, 2.05) is 13.8 Å². The summed E-state index contributed by atoms with van der Waals surface area (Å²) in [4.78, 5) is 24.6. The fourth-order valence-corrected chi connectivity index (χ4v) is 3.50. The van der Waals surface area contributed by atoms with Gasteiger partial charge in [0.05, 0.1) is 16.5 Å². The van der Waals surface area contributed by atoms with Crippen LogP contribution >= 0.6 is 11.8 Å². The minimum absolute atomic E-state index is 0.00649. The smallest absolute Gasteiger partial charge is 0.353 e. The first kappa shape index (κ1) is 18.6. The SMILES string of the molecule is CCC(CC)NC(=O)CC1Sc2ccc(C(F)(F)F)cc2NC1=O. The summed E-state index contributed by atoms with van der Waals surface area (Å²) in [6, 6.07) is 3.29. The maximum absolute atomic E-state index is 12.7. The molecule has 1 aromatic rings. The van der Waals surface area contributed by atoms with Gasteiger partial charge in [-0.05, 0) is 31.0 Å². The number of carbonyl (C=O) groups is 2. The van der Waals surface area contributed by atoms with E-state index in [1.54, 1.807) is 0 Å². The van der Waals surface area contributed by atoms with Gasteiger partial charge >= 0.3 is 6.18 Å². The molecule has 4 nitrogen and oxygen atoms in total. The van der Waals surface area contributed by atoms with Crippen molar-refractivity contribution in [2.24, 2.45) is 0 Å². The van der Waals surface area contributed by atoms with E-state index in [1.165, 1.54) is 6.07 Å². The van der Waals surface area contributed by atoms with Crippen LogP contribution in [0.3, 0.4) is 0 Å². The molecule has 0 radical (unpaired) electrons. The van der Waals surface area contributed by atoms with Crippen molar-refractivity contribution < 1.29 is 22.8 Å². The van der Waals surface area contributed by atoms with Crippen molar-refractivity contribution in [3.05, 3.63) is 23.8 Å². The molecular formula is C16H19F3N2O2S. The van der Waals surface area contributed by atoms with E-state index >= 15 is 0 Å². The van der Waals surface area contributed by atoms with Gasteiger partial charge in [-0.1, -0.05) is 13.8 Å². The van der Waals surface area contributed by atoms with Crippen LogP contribution in [-0.4, -0.2) is 23.1 Å². The molecule has 2 amide bonds. The first-order valence-electron chi connectivity index (χ1n) is 7.72. The summed E-state index contributed by atoms with van der Waals surface area (Å²) in [5.74, 6) is -0.682. The Labute approximate surface area is 142 Å². The van der Waals surface area contributed by atoms with Crippen molar-refractivity contribution in [1.29, 1.82) is 0 Å². The number of halogens is 3. The first-order chi connectivity index (χ1) is 11.2. The summed E-state index contributed by atoms with van der Waals surface area (Å²) >= 11 is 1.11. The first-order valence-corrected chi connectivity index (χ1v) is 8.60. The van der Waals surface area contributed by atoms with Crippen LogP contribution in [0.1, 0.15) is 38.7 Å². The molecular weight excluding hydrogens is 341 g/mol. The monoisotopic (exact) mass is 360 g/mol. The quantitative estimate of drug-likeness (QED) is 0.839. The number of anilines is 1. The second-order valence-electron chi connectivity index (χ2n) is 5.59. The highest BCUT2D eigenvalue weighted by Crippen LogP contribution is 2.40. The van der Waals surface area contributed by atoms with Gasteiger partial charge in [-0.3, -0.25) is 9.59 Å². The van der Waals surface area contributed by atoms with Gasteiger partial charge < -0.3 is 10.6 Å². The lowest BCUT2D eigenvalue weighted by Crippen LogP contribution is -2.39. The number of fused-ring (bicyclic) bond motifs is 1. The average molecular weight is 360 g/mol. The van der Waals surface area contributed by atoms with E-state index < -0.39 is 22.9 Å². The van der Waals surface area contributed by atoms with Gasteiger partial charge in [0.1, 0.15) is 0 Å². The van der Waals surface area contributed by atoms with Crippen LogP contribution in [0.4, 0.5) is 18.9 Å². The van der Waals surface area contributed by atoms with Gasteiger partial charge in [-0.25, -0.2) is 0 Å². The van der Waals surface area contributed by atoms with Crippen LogP contribution in [0, 0.1) is 0 Å². The number of rotatable bonds is 5. The Kier molecular flexibility index (Phi) is 5.79. The highest BCUT2D eigenvalue weighted by Gasteiger charge is 2.34. The predicted octanol–water partition coefficient (Wildman–Crippen LogP) is 3.81. The van der Waals surface area contributed by atoms with Crippen LogP contribution in [0.15, 0.2) is 23.1 Å². The second-order valence-corrected chi connectivity index (χ2v) is 6.83. The molecule has 1 unspecified atom stereocenters. The number of carbonyl (C=O) groups excluding carboxylic acids is 2. The molecule has 0 saturated heterocycles. The highest BCUT2D eigenvalue weighted by atomic mass is 32.2. The summed E-state index contributed by atoms with van der Waals surface area (Å²) < 4.78 is 38.2. The van der Waals surface area contributed by atoms with Crippen molar-refractivity contribution in [2.75, 3.05) is 5.32 Å². The van der Waals surface area contributed by atoms with E-state index in [0.29, 0.717) is 4.90 Å². The third kappa shape index (κ3) is 4.43. The predicted molar refractivity (Wildman–Crippen MR) is 86.8 cm³/mol. The molecule has 1 heterocycles. The summed E-state index contributed by atoms with van der Waals surface area (Å²) in [6.07, 6.45) is -2.87. The number of hydrogen-bond acceptors (Lipinski definition) is 3.